The normalized spacial score (nSPS) is 17.1. The van der Waals surface area contributed by atoms with E-state index in [1.165, 1.54) is 0 Å². The number of rotatable bonds is 5. The van der Waals surface area contributed by atoms with Crippen LogP contribution in [0.25, 0.3) is 0 Å². The third-order valence-corrected chi connectivity index (χ3v) is 4.06. The summed E-state index contributed by atoms with van der Waals surface area (Å²) in [6.45, 7) is 1.62. The average Bonchev–Trinajstić information content (AvgIpc) is 2.49. The number of halogens is 1. The SMILES string of the molecule is O=S(=O)(CCCl)Nc1ccnn1C1CNC1. The lowest BCUT2D eigenvalue weighted by Gasteiger charge is -2.28. The molecule has 6 nitrogen and oxygen atoms in total. The quantitative estimate of drug-likeness (QED) is 0.735. The van der Waals surface area contributed by atoms with E-state index >= 15 is 0 Å². The van der Waals surface area contributed by atoms with Crippen LogP contribution in [0.4, 0.5) is 5.82 Å². The number of hydrogen-bond donors (Lipinski definition) is 2. The smallest absolute Gasteiger partial charge is 0.235 e. The summed E-state index contributed by atoms with van der Waals surface area (Å²) < 4.78 is 27.2. The second kappa shape index (κ2) is 4.60. The van der Waals surface area contributed by atoms with E-state index in [1.54, 1.807) is 16.9 Å². The molecule has 2 heterocycles. The van der Waals surface area contributed by atoms with E-state index in [0.29, 0.717) is 5.82 Å². The van der Waals surface area contributed by atoms with Crippen LogP contribution < -0.4 is 10.0 Å². The van der Waals surface area contributed by atoms with Gasteiger partial charge in [-0.3, -0.25) is 4.72 Å². The Morgan fingerprint density at radius 3 is 2.94 bits per heavy atom. The van der Waals surface area contributed by atoms with Gasteiger partial charge in [0.15, 0.2) is 0 Å². The number of sulfonamides is 1. The first-order chi connectivity index (χ1) is 7.62. The van der Waals surface area contributed by atoms with Crippen LogP contribution in [0.2, 0.25) is 0 Å². The highest BCUT2D eigenvalue weighted by Crippen LogP contribution is 2.18. The molecule has 0 aromatic carbocycles. The van der Waals surface area contributed by atoms with E-state index in [4.69, 9.17) is 11.6 Å². The topological polar surface area (TPSA) is 76.0 Å². The van der Waals surface area contributed by atoms with Crippen molar-refractivity contribution in [1.29, 1.82) is 0 Å². The van der Waals surface area contributed by atoms with Crippen molar-refractivity contribution in [2.24, 2.45) is 0 Å². The van der Waals surface area contributed by atoms with Crippen LogP contribution in [-0.2, 0) is 10.0 Å². The molecule has 0 bridgehead atoms. The third kappa shape index (κ3) is 2.47. The minimum atomic E-state index is -3.36. The van der Waals surface area contributed by atoms with Crippen molar-refractivity contribution in [2.45, 2.75) is 6.04 Å². The Morgan fingerprint density at radius 1 is 1.62 bits per heavy atom. The summed E-state index contributed by atoms with van der Waals surface area (Å²) >= 11 is 5.42. The van der Waals surface area contributed by atoms with E-state index in [-0.39, 0.29) is 17.7 Å². The fraction of sp³-hybridized carbons (Fsp3) is 0.625. The molecule has 0 unspecified atom stereocenters. The van der Waals surface area contributed by atoms with Gasteiger partial charge in [-0.25, -0.2) is 13.1 Å². The fourth-order valence-electron chi connectivity index (χ4n) is 1.44. The highest BCUT2D eigenvalue weighted by Gasteiger charge is 2.23. The Hall–Kier alpha value is -0.790. The monoisotopic (exact) mass is 264 g/mol. The van der Waals surface area contributed by atoms with Crippen LogP contribution in [0.1, 0.15) is 6.04 Å². The van der Waals surface area contributed by atoms with E-state index < -0.39 is 10.0 Å². The lowest BCUT2D eigenvalue weighted by atomic mass is 10.2. The summed E-state index contributed by atoms with van der Waals surface area (Å²) in [7, 11) is -3.36. The van der Waals surface area contributed by atoms with Crippen LogP contribution in [0.5, 0.6) is 0 Å². The summed E-state index contributed by atoms with van der Waals surface area (Å²) in [5.41, 5.74) is 0. The number of aromatic nitrogens is 2. The second-order valence-corrected chi connectivity index (χ2v) is 5.80. The van der Waals surface area contributed by atoms with Gasteiger partial charge in [-0.05, 0) is 0 Å². The predicted octanol–water partition coefficient (Wildman–Crippen LogP) is 0.00790. The van der Waals surface area contributed by atoms with Crippen molar-refractivity contribution in [1.82, 2.24) is 15.1 Å². The summed E-state index contributed by atoms with van der Waals surface area (Å²) in [4.78, 5) is 0. The molecule has 1 aromatic heterocycles. The lowest BCUT2D eigenvalue weighted by molar-refractivity contribution is 0.322. The summed E-state index contributed by atoms with van der Waals surface area (Å²) in [5, 5.41) is 7.20. The van der Waals surface area contributed by atoms with Gasteiger partial charge < -0.3 is 5.32 Å². The first kappa shape index (κ1) is 11.7. The minimum absolute atomic E-state index is 0.0778. The van der Waals surface area contributed by atoms with Crippen molar-refractivity contribution in [3.8, 4) is 0 Å². The van der Waals surface area contributed by atoms with Crippen molar-refractivity contribution < 1.29 is 8.42 Å². The minimum Gasteiger partial charge on any atom is -0.312 e. The predicted molar refractivity (Wildman–Crippen MR) is 62.3 cm³/mol. The van der Waals surface area contributed by atoms with Crippen molar-refractivity contribution in [2.75, 3.05) is 29.4 Å². The van der Waals surface area contributed by atoms with E-state index in [2.05, 4.69) is 15.1 Å². The molecule has 0 atom stereocenters. The molecule has 2 rings (SSSR count). The first-order valence-electron chi connectivity index (χ1n) is 4.93. The Kier molecular flexibility index (Phi) is 3.36. The van der Waals surface area contributed by atoms with E-state index in [1.807, 2.05) is 0 Å². The summed E-state index contributed by atoms with van der Waals surface area (Å²) in [6, 6.07) is 1.87. The molecule has 1 fully saturated rings. The Morgan fingerprint density at radius 2 is 2.38 bits per heavy atom. The maximum Gasteiger partial charge on any atom is 0.235 e. The number of nitrogens with one attached hydrogen (secondary N) is 2. The number of nitrogens with zero attached hydrogens (tertiary/aromatic N) is 2. The number of alkyl halides is 1. The molecule has 1 aromatic rings. The zero-order chi connectivity index (χ0) is 11.6. The molecule has 0 saturated carbocycles. The fourth-order valence-corrected chi connectivity index (χ4v) is 2.84. The van der Waals surface area contributed by atoms with Gasteiger partial charge in [0, 0.05) is 25.0 Å². The Bertz CT molecular complexity index is 454. The molecule has 8 heteroatoms. The zero-order valence-electron chi connectivity index (χ0n) is 8.56. The van der Waals surface area contributed by atoms with E-state index in [0.717, 1.165) is 13.1 Å². The van der Waals surface area contributed by atoms with Gasteiger partial charge in [-0.2, -0.15) is 5.10 Å². The Labute approximate surface area is 99.0 Å². The van der Waals surface area contributed by atoms with Crippen molar-refractivity contribution >= 4 is 27.4 Å². The lowest BCUT2D eigenvalue weighted by Crippen LogP contribution is -2.44. The van der Waals surface area contributed by atoms with Gasteiger partial charge in [0.1, 0.15) is 5.82 Å². The molecule has 0 spiro atoms. The number of hydrogen-bond acceptors (Lipinski definition) is 4. The molecular formula is C8H13ClN4O2S. The average molecular weight is 265 g/mol. The molecule has 1 aliphatic heterocycles. The standard InChI is InChI=1S/C8H13ClN4O2S/c9-2-4-16(14,15)12-8-1-3-11-13(8)7-5-10-6-7/h1,3,7,10,12H,2,4-6H2. The van der Waals surface area contributed by atoms with Gasteiger partial charge in [0.25, 0.3) is 0 Å². The molecule has 16 heavy (non-hydrogen) atoms. The molecule has 90 valence electrons. The second-order valence-electron chi connectivity index (χ2n) is 3.58. The highest BCUT2D eigenvalue weighted by atomic mass is 35.5. The van der Waals surface area contributed by atoms with Gasteiger partial charge >= 0.3 is 0 Å². The van der Waals surface area contributed by atoms with Gasteiger partial charge in [0.2, 0.25) is 10.0 Å². The molecule has 1 aliphatic rings. The van der Waals surface area contributed by atoms with Crippen LogP contribution in [0.3, 0.4) is 0 Å². The van der Waals surface area contributed by atoms with Crippen LogP contribution in [-0.4, -0.2) is 42.9 Å². The summed E-state index contributed by atoms with van der Waals surface area (Å²) in [6.07, 6.45) is 1.58. The van der Waals surface area contributed by atoms with Crippen LogP contribution >= 0.6 is 11.6 Å². The number of anilines is 1. The molecule has 2 N–H and O–H groups in total. The maximum absolute atomic E-state index is 11.5. The van der Waals surface area contributed by atoms with Gasteiger partial charge in [-0.1, -0.05) is 0 Å². The van der Waals surface area contributed by atoms with Crippen LogP contribution in [0.15, 0.2) is 12.3 Å². The first-order valence-corrected chi connectivity index (χ1v) is 7.12. The zero-order valence-corrected chi connectivity index (χ0v) is 10.1. The van der Waals surface area contributed by atoms with Crippen molar-refractivity contribution in [3.05, 3.63) is 12.3 Å². The van der Waals surface area contributed by atoms with Gasteiger partial charge in [0.05, 0.1) is 18.0 Å². The molecule has 0 amide bonds. The third-order valence-electron chi connectivity index (χ3n) is 2.38. The Balaban J connectivity index is 2.12. The van der Waals surface area contributed by atoms with E-state index in [9.17, 15) is 8.42 Å². The van der Waals surface area contributed by atoms with Gasteiger partial charge in [-0.15, -0.1) is 11.6 Å². The van der Waals surface area contributed by atoms with Crippen molar-refractivity contribution in [3.63, 3.8) is 0 Å². The maximum atomic E-state index is 11.5. The van der Waals surface area contributed by atoms with Crippen LogP contribution in [0, 0.1) is 0 Å². The molecule has 1 saturated heterocycles. The molecule has 0 radical (unpaired) electrons. The largest absolute Gasteiger partial charge is 0.312 e. The molecular weight excluding hydrogens is 252 g/mol. The molecule has 0 aliphatic carbocycles. The summed E-state index contributed by atoms with van der Waals surface area (Å²) in [5.74, 6) is 0.480. The highest BCUT2D eigenvalue weighted by molar-refractivity contribution is 7.92.